The molecule has 2 heterocycles. The molecule has 2 aliphatic heterocycles. The molecule has 2 saturated heterocycles. The van der Waals surface area contributed by atoms with Crippen LogP contribution in [0.15, 0.2) is 30.3 Å². The Morgan fingerprint density at radius 3 is 2.48 bits per heavy atom. The highest BCUT2D eigenvalue weighted by molar-refractivity contribution is 5.79. The van der Waals surface area contributed by atoms with E-state index in [0.29, 0.717) is 36.9 Å². The van der Waals surface area contributed by atoms with E-state index in [4.69, 9.17) is 4.74 Å². The van der Waals surface area contributed by atoms with Crippen LogP contribution in [0.25, 0.3) is 0 Å². The van der Waals surface area contributed by atoms with Crippen molar-refractivity contribution in [2.75, 3.05) is 13.1 Å². The smallest absolute Gasteiger partial charge is 0.320 e. The summed E-state index contributed by atoms with van der Waals surface area (Å²) in [4.78, 5) is 17.7. The molecular formula is C24H32N2O3. The van der Waals surface area contributed by atoms with Gasteiger partial charge in [0.25, 0.3) is 0 Å². The Morgan fingerprint density at radius 1 is 1.10 bits per heavy atom. The van der Waals surface area contributed by atoms with Gasteiger partial charge in [-0.25, -0.2) is 4.79 Å². The second-order valence-corrected chi connectivity index (χ2v) is 10.8. The van der Waals surface area contributed by atoms with E-state index in [1.165, 1.54) is 18.4 Å². The van der Waals surface area contributed by atoms with Crippen molar-refractivity contribution in [2.45, 2.75) is 75.3 Å². The molecule has 29 heavy (non-hydrogen) atoms. The predicted octanol–water partition coefficient (Wildman–Crippen LogP) is 3.41. The van der Waals surface area contributed by atoms with Crippen molar-refractivity contribution in [3.63, 3.8) is 0 Å². The molecular weight excluding hydrogens is 364 g/mol. The van der Waals surface area contributed by atoms with Crippen molar-refractivity contribution in [2.24, 2.45) is 17.8 Å². The van der Waals surface area contributed by atoms with Crippen molar-refractivity contribution in [3.05, 3.63) is 35.9 Å². The molecule has 5 nitrogen and oxygen atoms in total. The first-order chi connectivity index (χ1) is 13.9. The first kappa shape index (κ1) is 18.2. The number of nitrogens with zero attached hydrogens (tertiary/aromatic N) is 2. The van der Waals surface area contributed by atoms with Crippen molar-refractivity contribution in [1.29, 1.82) is 0 Å². The van der Waals surface area contributed by atoms with Crippen molar-refractivity contribution < 1.29 is 14.6 Å². The third kappa shape index (κ3) is 2.84. The Hall–Kier alpha value is -1.59. The fourth-order valence-corrected chi connectivity index (χ4v) is 7.73. The molecule has 6 fully saturated rings. The molecule has 4 bridgehead atoms. The fourth-order valence-electron chi connectivity index (χ4n) is 7.73. The van der Waals surface area contributed by atoms with Crippen LogP contribution in [0.2, 0.25) is 0 Å². The number of hydrogen-bond acceptors (Lipinski definition) is 3. The average molecular weight is 397 g/mol. The molecule has 0 aromatic heterocycles. The number of aliphatic hydroxyl groups is 1. The first-order valence-corrected chi connectivity index (χ1v) is 11.4. The molecule has 1 N–H and O–H groups in total. The Balaban J connectivity index is 1.14. The van der Waals surface area contributed by atoms with Gasteiger partial charge >= 0.3 is 6.03 Å². The lowest BCUT2D eigenvalue weighted by atomic mass is 9.52. The monoisotopic (exact) mass is 396 g/mol. The van der Waals surface area contributed by atoms with E-state index in [2.05, 4.69) is 28.9 Å². The second-order valence-electron chi connectivity index (χ2n) is 10.8. The van der Waals surface area contributed by atoms with E-state index in [0.717, 1.165) is 32.2 Å². The van der Waals surface area contributed by atoms with Gasteiger partial charge in [-0.05, 0) is 62.3 Å². The van der Waals surface area contributed by atoms with Crippen LogP contribution in [0.3, 0.4) is 0 Å². The molecule has 1 aromatic rings. The number of carbonyl (C=O) groups excluding carboxylic acids is 1. The summed E-state index contributed by atoms with van der Waals surface area (Å²) >= 11 is 0. The van der Waals surface area contributed by atoms with E-state index in [1.807, 2.05) is 18.2 Å². The van der Waals surface area contributed by atoms with Crippen LogP contribution >= 0.6 is 0 Å². The number of amides is 2. The van der Waals surface area contributed by atoms with E-state index in [-0.39, 0.29) is 17.7 Å². The minimum absolute atomic E-state index is 0.116. The summed E-state index contributed by atoms with van der Waals surface area (Å²) in [7, 11) is 0. The lowest BCUT2D eigenvalue weighted by molar-refractivity contribution is -0.153. The maximum absolute atomic E-state index is 13.4. The maximum Gasteiger partial charge on any atom is 0.320 e. The van der Waals surface area contributed by atoms with E-state index in [1.54, 1.807) is 0 Å². The van der Waals surface area contributed by atoms with E-state index >= 15 is 0 Å². The van der Waals surface area contributed by atoms with Crippen LogP contribution in [0.5, 0.6) is 0 Å². The van der Waals surface area contributed by atoms with Gasteiger partial charge in [-0.2, -0.15) is 0 Å². The normalized spacial score (nSPS) is 45.3. The van der Waals surface area contributed by atoms with E-state index in [9.17, 15) is 9.90 Å². The lowest BCUT2D eigenvalue weighted by Crippen LogP contribution is -2.62. The predicted molar refractivity (Wildman–Crippen MR) is 109 cm³/mol. The quantitative estimate of drug-likeness (QED) is 0.849. The zero-order valence-electron chi connectivity index (χ0n) is 17.3. The SMILES string of the molecule is CC12CC(OCc3ccccc3)CN1C(=O)N(C1C3CC4CC1CC(O)(C4)C3)C2. The van der Waals surface area contributed by atoms with Crippen LogP contribution in [0, 0.1) is 17.8 Å². The number of ether oxygens (including phenoxy) is 1. The van der Waals surface area contributed by atoms with Crippen molar-refractivity contribution in [1.82, 2.24) is 9.80 Å². The van der Waals surface area contributed by atoms with Gasteiger partial charge in [0.15, 0.2) is 0 Å². The van der Waals surface area contributed by atoms with Crippen molar-refractivity contribution in [3.8, 4) is 0 Å². The van der Waals surface area contributed by atoms with Gasteiger partial charge in [-0.3, -0.25) is 0 Å². The number of hydrogen-bond donors (Lipinski definition) is 1. The van der Waals surface area contributed by atoms with Gasteiger partial charge < -0.3 is 19.6 Å². The summed E-state index contributed by atoms with van der Waals surface area (Å²) < 4.78 is 6.18. The number of benzene rings is 1. The zero-order valence-corrected chi connectivity index (χ0v) is 17.3. The molecule has 2 amide bonds. The first-order valence-electron chi connectivity index (χ1n) is 11.4. The largest absolute Gasteiger partial charge is 0.390 e. The van der Waals surface area contributed by atoms with Gasteiger partial charge in [0.05, 0.1) is 23.9 Å². The molecule has 7 rings (SSSR count). The molecule has 0 radical (unpaired) electrons. The van der Waals surface area contributed by atoms with Crippen LogP contribution in [0.4, 0.5) is 4.79 Å². The minimum Gasteiger partial charge on any atom is -0.390 e. The third-order valence-electron chi connectivity index (χ3n) is 8.57. The Labute approximate surface area is 173 Å². The summed E-state index contributed by atoms with van der Waals surface area (Å²) in [5.41, 5.74) is 0.625. The summed E-state index contributed by atoms with van der Waals surface area (Å²) in [6.07, 6.45) is 6.22. The van der Waals surface area contributed by atoms with Gasteiger partial charge in [-0.1, -0.05) is 30.3 Å². The highest BCUT2D eigenvalue weighted by Gasteiger charge is 2.61. The fraction of sp³-hybridized carbons (Fsp3) is 0.708. The minimum atomic E-state index is -0.438. The summed E-state index contributed by atoms with van der Waals surface area (Å²) in [5, 5.41) is 10.9. The number of fused-ring (bicyclic) bond motifs is 1. The highest BCUT2D eigenvalue weighted by atomic mass is 16.5. The standard InChI is InChI=1S/C24H32N2O3/c1-23-12-20(29-14-16-5-3-2-4-6-16)13-26(23)22(27)25(15-23)21-18-7-17-8-19(21)11-24(28,9-17)10-18/h2-6,17-21,28H,7-15H2,1H3. The molecule has 156 valence electrons. The van der Waals surface area contributed by atoms with Gasteiger partial charge in [-0.15, -0.1) is 0 Å². The van der Waals surface area contributed by atoms with Gasteiger partial charge in [0, 0.05) is 25.6 Å². The van der Waals surface area contributed by atoms with Gasteiger partial charge in [0.1, 0.15) is 0 Å². The van der Waals surface area contributed by atoms with Crippen LogP contribution in [0.1, 0.15) is 51.0 Å². The Morgan fingerprint density at radius 2 is 1.83 bits per heavy atom. The molecule has 4 unspecified atom stereocenters. The lowest BCUT2D eigenvalue weighted by Gasteiger charge is -2.59. The van der Waals surface area contributed by atoms with E-state index < -0.39 is 5.60 Å². The Bertz CT molecular complexity index is 798. The average Bonchev–Trinajstić information content (AvgIpc) is 3.11. The molecule has 1 aromatic carbocycles. The molecule has 6 aliphatic rings. The van der Waals surface area contributed by atoms with Crippen LogP contribution in [-0.4, -0.2) is 57.3 Å². The zero-order chi connectivity index (χ0) is 19.8. The van der Waals surface area contributed by atoms with Crippen LogP contribution in [-0.2, 0) is 11.3 Å². The number of carbonyl (C=O) groups is 1. The number of urea groups is 1. The topological polar surface area (TPSA) is 53.0 Å². The summed E-state index contributed by atoms with van der Waals surface area (Å²) in [5.74, 6) is 1.66. The molecule has 4 aliphatic carbocycles. The number of rotatable bonds is 4. The summed E-state index contributed by atoms with van der Waals surface area (Å²) in [6.45, 7) is 4.37. The summed E-state index contributed by atoms with van der Waals surface area (Å²) in [6, 6.07) is 10.8. The molecule has 4 saturated carbocycles. The second kappa shape index (κ2) is 6.21. The molecule has 0 spiro atoms. The third-order valence-corrected chi connectivity index (χ3v) is 8.57. The van der Waals surface area contributed by atoms with Crippen LogP contribution < -0.4 is 0 Å². The van der Waals surface area contributed by atoms with Crippen molar-refractivity contribution >= 4 is 6.03 Å². The van der Waals surface area contributed by atoms with Gasteiger partial charge in [0.2, 0.25) is 0 Å². The highest BCUT2D eigenvalue weighted by Crippen LogP contribution is 2.58. The molecule has 4 atom stereocenters. The maximum atomic E-state index is 13.4. The Kier molecular flexibility index (Phi) is 3.90. The molecule has 5 heteroatoms.